The molecule has 2 amide bonds. The Morgan fingerprint density at radius 1 is 0.907 bits per heavy atom. The number of rotatable bonds is 14. The molecule has 1 heterocycles. The van der Waals surface area contributed by atoms with Crippen molar-refractivity contribution in [2.75, 3.05) is 40.3 Å². The lowest BCUT2D eigenvalue weighted by atomic mass is 10.2. The number of para-hydroxylation sites is 1. The standard InChI is InChI=1S/C32H48N4O7/c1-11-35(18-17-34(9)10)28(37)21-36(31(39)43-32(6,7)8)20-25-19-24(15-16-33-25)30(38)42-29-26(40-22(2)3)13-12-14-27(29)41-23(4)5/h12-16,19,22-23H,11,17-18,20-21H2,1-10H3. The van der Waals surface area contributed by atoms with E-state index in [1.807, 2.05) is 53.6 Å². The summed E-state index contributed by atoms with van der Waals surface area (Å²) in [4.78, 5) is 49.0. The second-order valence-electron chi connectivity index (χ2n) is 12.0. The molecule has 11 heteroatoms. The number of hydrogen-bond acceptors (Lipinski definition) is 9. The van der Waals surface area contributed by atoms with Gasteiger partial charge in [-0.3, -0.25) is 14.7 Å². The fraction of sp³-hybridized carbons (Fsp3) is 0.562. The average molecular weight is 601 g/mol. The van der Waals surface area contributed by atoms with Crippen LogP contribution in [0.15, 0.2) is 36.5 Å². The minimum Gasteiger partial charge on any atom is -0.487 e. The van der Waals surface area contributed by atoms with E-state index in [-0.39, 0.29) is 42.5 Å². The Bertz CT molecular complexity index is 1200. The van der Waals surface area contributed by atoms with E-state index in [9.17, 15) is 14.4 Å². The van der Waals surface area contributed by atoms with Crippen molar-refractivity contribution in [3.8, 4) is 17.2 Å². The Labute approximate surface area is 256 Å². The van der Waals surface area contributed by atoms with Crippen LogP contribution in [-0.4, -0.2) is 95.7 Å². The summed E-state index contributed by atoms with van der Waals surface area (Å²) in [6, 6.07) is 8.24. The molecule has 11 nitrogen and oxygen atoms in total. The summed E-state index contributed by atoms with van der Waals surface area (Å²) in [5.74, 6) is 0.0508. The highest BCUT2D eigenvalue weighted by molar-refractivity contribution is 5.92. The van der Waals surface area contributed by atoms with Gasteiger partial charge in [-0.15, -0.1) is 0 Å². The van der Waals surface area contributed by atoms with Gasteiger partial charge in [0, 0.05) is 25.8 Å². The quantitative estimate of drug-likeness (QED) is 0.218. The third-order valence-electron chi connectivity index (χ3n) is 5.80. The molecule has 1 aromatic carbocycles. The molecule has 0 radical (unpaired) electrons. The van der Waals surface area contributed by atoms with Crippen molar-refractivity contribution in [3.05, 3.63) is 47.8 Å². The Morgan fingerprint density at radius 3 is 2.02 bits per heavy atom. The molecule has 0 N–H and O–H groups in total. The zero-order valence-corrected chi connectivity index (χ0v) is 27.3. The lowest BCUT2D eigenvalue weighted by molar-refractivity contribution is -0.132. The number of benzene rings is 1. The van der Waals surface area contributed by atoms with Gasteiger partial charge in [-0.25, -0.2) is 9.59 Å². The molecule has 2 aromatic rings. The molecule has 0 fully saturated rings. The van der Waals surface area contributed by atoms with E-state index in [4.69, 9.17) is 18.9 Å². The second kappa shape index (κ2) is 16.1. The summed E-state index contributed by atoms with van der Waals surface area (Å²) in [7, 11) is 3.87. The lowest BCUT2D eigenvalue weighted by Gasteiger charge is -2.29. The first-order chi connectivity index (χ1) is 20.1. The largest absolute Gasteiger partial charge is 0.487 e. The zero-order chi connectivity index (χ0) is 32.3. The van der Waals surface area contributed by atoms with Gasteiger partial charge >= 0.3 is 12.1 Å². The van der Waals surface area contributed by atoms with E-state index in [2.05, 4.69) is 4.98 Å². The molecule has 2 rings (SSSR count). The Balaban J connectivity index is 2.33. The highest BCUT2D eigenvalue weighted by atomic mass is 16.6. The summed E-state index contributed by atoms with van der Waals surface area (Å²) in [6.45, 7) is 16.1. The third kappa shape index (κ3) is 12.1. The molecule has 0 bridgehead atoms. The van der Waals surface area contributed by atoms with Crippen LogP contribution < -0.4 is 14.2 Å². The van der Waals surface area contributed by atoms with E-state index in [1.54, 1.807) is 43.9 Å². The maximum atomic E-state index is 13.4. The van der Waals surface area contributed by atoms with E-state index in [0.29, 0.717) is 36.8 Å². The van der Waals surface area contributed by atoms with E-state index < -0.39 is 17.7 Å². The third-order valence-corrected chi connectivity index (χ3v) is 5.80. The molecule has 0 atom stereocenters. The SMILES string of the molecule is CCN(CCN(C)C)C(=O)CN(Cc1cc(C(=O)Oc2c(OC(C)C)cccc2OC(C)C)ccn1)C(=O)OC(C)(C)C. The number of amides is 2. The van der Waals surface area contributed by atoms with Gasteiger partial charge in [-0.05, 0) is 93.8 Å². The number of pyridine rings is 1. The average Bonchev–Trinajstić information content (AvgIpc) is 2.88. The van der Waals surface area contributed by atoms with Crippen molar-refractivity contribution in [3.63, 3.8) is 0 Å². The van der Waals surface area contributed by atoms with Gasteiger partial charge in [0.15, 0.2) is 11.5 Å². The van der Waals surface area contributed by atoms with Gasteiger partial charge in [0.25, 0.3) is 0 Å². The molecule has 0 aliphatic heterocycles. The van der Waals surface area contributed by atoms with Crippen LogP contribution >= 0.6 is 0 Å². The van der Waals surface area contributed by atoms with Crippen LogP contribution in [0.3, 0.4) is 0 Å². The summed E-state index contributed by atoms with van der Waals surface area (Å²) in [5.41, 5.74) is -0.181. The maximum Gasteiger partial charge on any atom is 0.411 e. The van der Waals surface area contributed by atoms with Crippen LogP contribution in [0.2, 0.25) is 0 Å². The molecule has 238 valence electrons. The number of carbonyl (C=O) groups is 3. The zero-order valence-electron chi connectivity index (χ0n) is 27.3. The van der Waals surface area contributed by atoms with Crippen molar-refractivity contribution < 1.29 is 33.3 Å². The molecule has 0 aliphatic rings. The highest BCUT2D eigenvalue weighted by Gasteiger charge is 2.27. The van der Waals surface area contributed by atoms with Gasteiger partial charge < -0.3 is 28.7 Å². The van der Waals surface area contributed by atoms with Crippen LogP contribution in [-0.2, 0) is 16.1 Å². The number of likely N-dealkylation sites (N-methyl/N-ethyl adjacent to an activating group) is 2. The fourth-order valence-electron chi connectivity index (χ4n) is 3.88. The molecule has 1 aromatic heterocycles. The van der Waals surface area contributed by atoms with E-state index >= 15 is 0 Å². The van der Waals surface area contributed by atoms with Crippen LogP contribution in [0.5, 0.6) is 17.2 Å². The molecule has 0 saturated heterocycles. The number of esters is 1. The molecule has 0 unspecified atom stereocenters. The summed E-state index contributed by atoms with van der Waals surface area (Å²) in [6.07, 6.45) is 0.479. The van der Waals surface area contributed by atoms with Gasteiger partial charge in [0.1, 0.15) is 12.1 Å². The predicted molar refractivity (Wildman–Crippen MR) is 165 cm³/mol. The second-order valence-corrected chi connectivity index (χ2v) is 12.0. The minimum absolute atomic E-state index is 0.0538. The Kier molecular flexibility index (Phi) is 13.2. The number of hydrogen-bond donors (Lipinski definition) is 0. The topological polar surface area (TPSA) is 111 Å². The Hall–Kier alpha value is -3.86. The van der Waals surface area contributed by atoms with Crippen molar-refractivity contribution in [1.82, 2.24) is 19.7 Å². The van der Waals surface area contributed by atoms with Crippen molar-refractivity contribution in [2.45, 2.75) is 79.7 Å². The summed E-state index contributed by atoms with van der Waals surface area (Å²) in [5, 5.41) is 0. The molecule has 43 heavy (non-hydrogen) atoms. The molecular formula is C32H48N4O7. The van der Waals surface area contributed by atoms with Crippen molar-refractivity contribution in [2.24, 2.45) is 0 Å². The van der Waals surface area contributed by atoms with Crippen molar-refractivity contribution >= 4 is 18.0 Å². The smallest absolute Gasteiger partial charge is 0.411 e. The number of aromatic nitrogens is 1. The number of nitrogens with zero attached hydrogens (tertiary/aromatic N) is 4. The summed E-state index contributed by atoms with van der Waals surface area (Å²) >= 11 is 0. The summed E-state index contributed by atoms with van der Waals surface area (Å²) < 4.78 is 23.2. The van der Waals surface area contributed by atoms with Crippen LogP contribution in [0.4, 0.5) is 4.79 Å². The molecule has 0 spiro atoms. The first kappa shape index (κ1) is 35.3. The van der Waals surface area contributed by atoms with Crippen LogP contribution in [0, 0.1) is 0 Å². The highest BCUT2D eigenvalue weighted by Crippen LogP contribution is 2.39. The molecule has 0 aliphatic carbocycles. The number of ether oxygens (including phenoxy) is 4. The van der Waals surface area contributed by atoms with Crippen LogP contribution in [0.1, 0.15) is 71.4 Å². The van der Waals surface area contributed by atoms with Crippen molar-refractivity contribution in [1.29, 1.82) is 0 Å². The Morgan fingerprint density at radius 2 is 1.51 bits per heavy atom. The van der Waals surface area contributed by atoms with Gasteiger partial charge in [-0.1, -0.05) is 6.07 Å². The van der Waals surface area contributed by atoms with Gasteiger partial charge in [0.05, 0.1) is 30.0 Å². The van der Waals surface area contributed by atoms with E-state index in [1.165, 1.54) is 23.2 Å². The minimum atomic E-state index is -0.770. The van der Waals surface area contributed by atoms with E-state index in [0.717, 1.165) is 0 Å². The monoisotopic (exact) mass is 600 g/mol. The number of carbonyl (C=O) groups excluding carboxylic acids is 3. The fourth-order valence-corrected chi connectivity index (χ4v) is 3.88. The molecular weight excluding hydrogens is 552 g/mol. The first-order valence-electron chi connectivity index (χ1n) is 14.6. The van der Waals surface area contributed by atoms with Gasteiger partial charge in [0.2, 0.25) is 11.7 Å². The van der Waals surface area contributed by atoms with Gasteiger partial charge in [-0.2, -0.15) is 0 Å². The first-order valence-corrected chi connectivity index (χ1v) is 14.6. The maximum absolute atomic E-state index is 13.4. The van der Waals surface area contributed by atoms with Crippen LogP contribution in [0.25, 0.3) is 0 Å². The normalized spacial score (nSPS) is 11.5. The lowest BCUT2D eigenvalue weighted by Crippen LogP contribution is -2.46. The predicted octanol–water partition coefficient (Wildman–Crippen LogP) is 5.02. The molecule has 0 saturated carbocycles.